The van der Waals surface area contributed by atoms with Gasteiger partial charge in [0.1, 0.15) is 0 Å². The third-order valence-electron chi connectivity index (χ3n) is 4.26. The fourth-order valence-corrected chi connectivity index (χ4v) is 3.05. The topological polar surface area (TPSA) is 86.2 Å². The number of hydrogen-bond acceptors (Lipinski definition) is 6. The van der Waals surface area contributed by atoms with Gasteiger partial charge in [-0.1, -0.05) is 0 Å². The first-order valence-corrected chi connectivity index (χ1v) is 7.98. The summed E-state index contributed by atoms with van der Waals surface area (Å²) in [6.45, 7) is 1.93. The predicted octanol–water partition coefficient (Wildman–Crippen LogP) is 2.35. The predicted molar refractivity (Wildman–Crippen MR) is 84.2 cm³/mol. The second-order valence-corrected chi connectivity index (χ2v) is 5.82. The molecule has 1 atom stereocenters. The highest BCUT2D eigenvalue weighted by atomic mass is 16.4. The van der Waals surface area contributed by atoms with Gasteiger partial charge in [-0.2, -0.15) is 5.26 Å². The van der Waals surface area contributed by atoms with Crippen LogP contribution in [0.15, 0.2) is 28.7 Å². The quantitative estimate of drug-likeness (QED) is 0.881. The second-order valence-electron chi connectivity index (χ2n) is 5.82. The summed E-state index contributed by atoms with van der Waals surface area (Å²) in [5.41, 5.74) is 1.43. The molecule has 0 amide bonds. The molecule has 120 valence electrons. The van der Waals surface area contributed by atoms with Crippen molar-refractivity contribution in [1.29, 1.82) is 5.26 Å². The first-order valence-electron chi connectivity index (χ1n) is 7.98. The number of hydrogen-bond donors (Lipinski definition) is 1. The average Bonchev–Trinajstić information content (AvgIpc) is 3.23. The van der Waals surface area contributed by atoms with Crippen LogP contribution in [-0.4, -0.2) is 39.4 Å². The van der Waals surface area contributed by atoms with E-state index in [1.54, 1.807) is 12.1 Å². The minimum atomic E-state index is 0.244. The molecule has 2 aromatic rings. The highest BCUT2D eigenvalue weighted by Gasteiger charge is 2.25. The summed E-state index contributed by atoms with van der Waals surface area (Å²) >= 11 is 0. The monoisotopic (exact) mass is 312 g/mol. The van der Waals surface area contributed by atoms with Crippen molar-refractivity contribution in [3.63, 3.8) is 0 Å². The molecule has 0 spiro atoms. The van der Waals surface area contributed by atoms with Gasteiger partial charge in [-0.05, 0) is 56.5 Å². The Morgan fingerprint density at radius 2 is 2.13 bits per heavy atom. The van der Waals surface area contributed by atoms with Gasteiger partial charge in [-0.3, -0.25) is 4.90 Å². The number of likely N-dealkylation sites (tertiary alicyclic amines) is 1. The van der Waals surface area contributed by atoms with E-state index in [2.05, 4.69) is 21.2 Å². The van der Waals surface area contributed by atoms with Crippen LogP contribution in [-0.2, 0) is 6.54 Å². The maximum atomic E-state index is 8.99. The van der Waals surface area contributed by atoms with Crippen molar-refractivity contribution in [2.75, 3.05) is 13.2 Å². The highest BCUT2D eigenvalue weighted by Crippen LogP contribution is 2.24. The average molecular weight is 312 g/mol. The van der Waals surface area contributed by atoms with Crippen molar-refractivity contribution in [3.8, 4) is 17.5 Å². The van der Waals surface area contributed by atoms with E-state index in [4.69, 9.17) is 14.8 Å². The normalized spacial score (nSPS) is 18.2. The van der Waals surface area contributed by atoms with E-state index in [0.29, 0.717) is 29.9 Å². The summed E-state index contributed by atoms with van der Waals surface area (Å²) in [5, 5.41) is 26.1. The molecule has 1 aromatic carbocycles. The minimum absolute atomic E-state index is 0.244. The first kappa shape index (κ1) is 15.7. The van der Waals surface area contributed by atoms with Crippen LogP contribution in [0.25, 0.3) is 11.5 Å². The summed E-state index contributed by atoms with van der Waals surface area (Å²) in [7, 11) is 0. The van der Waals surface area contributed by atoms with E-state index in [1.165, 1.54) is 6.42 Å². The van der Waals surface area contributed by atoms with Crippen LogP contribution in [0.4, 0.5) is 0 Å². The van der Waals surface area contributed by atoms with E-state index in [-0.39, 0.29) is 6.61 Å². The summed E-state index contributed by atoms with van der Waals surface area (Å²) in [4.78, 5) is 2.35. The fraction of sp³-hybridized carbons (Fsp3) is 0.471. The Balaban J connectivity index is 1.65. The Labute approximate surface area is 135 Å². The number of benzene rings is 1. The third kappa shape index (κ3) is 3.76. The van der Waals surface area contributed by atoms with Crippen LogP contribution >= 0.6 is 0 Å². The molecule has 3 rings (SSSR count). The van der Waals surface area contributed by atoms with Gasteiger partial charge < -0.3 is 9.52 Å². The lowest BCUT2D eigenvalue weighted by Gasteiger charge is -2.22. The summed E-state index contributed by atoms with van der Waals surface area (Å²) in [5.74, 6) is 1.09. The van der Waals surface area contributed by atoms with Crippen LogP contribution in [0.3, 0.4) is 0 Å². The molecule has 6 nitrogen and oxygen atoms in total. The zero-order valence-electron chi connectivity index (χ0n) is 13.0. The zero-order valence-corrected chi connectivity index (χ0v) is 13.0. The molecule has 1 aromatic heterocycles. The molecule has 0 bridgehead atoms. The number of aromatic nitrogens is 2. The van der Waals surface area contributed by atoms with Crippen molar-refractivity contribution in [2.24, 2.45) is 0 Å². The number of nitrogens with zero attached hydrogens (tertiary/aromatic N) is 4. The molecule has 1 saturated heterocycles. The van der Waals surface area contributed by atoms with Crippen molar-refractivity contribution in [2.45, 2.75) is 38.3 Å². The van der Waals surface area contributed by atoms with Gasteiger partial charge in [-0.25, -0.2) is 0 Å². The van der Waals surface area contributed by atoms with Crippen LogP contribution in [0, 0.1) is 11.3 Å². The SMILES string of the molecule is N#Cc1ccc(-c2nnc(CN3CCCC3CCCO)o2)cc1. The maximum Gasteiger partial charge on any atom is 0.247 e. The van der Waals surface area contributed by atoms with Crippen molar-refractivity contribution in [1.82, 2.24) is 15.1 Å². The fourth-order valence-electron chi connectivity index (χ4n) is 3.05. The van der Waals surface area contributed by atoms with Gasteiger partial charge in [0, 0.05) is 18.2 Å². The van der Waals surface area contributed by atoms with Crippen molar-refractivity contribution < 1.29 is 9.52 Å². The lowest BCUT2D eigenvalue weighted by Crippen LogP contribution is -2.29. The molecule has 1 aliphatic rings. The van der Waals surface area contributed by atoms with Gasteiger partial charge >= 0.3 is 0 Å². The third-order valence-corrected chi connectivity index (χ3v) is 4.26. The van der Waals surface area contributed by atoms with E-state index >= 15 is 0 Å². The van der Waals surface area contributed by atoms with Crippen LogP contribution in [0.5, 0.6) is 0 Å². The lowest BCUT2D eigenvalue weighted by atomic mass is 10.1. The van der Waals surface area contributed by atoms with Gasteiger partial charge in [-0.15, -0.1) is 10.2 Å². The molecule has 1 N–H and O–H groups in total. The molecule has 0 aliphatic carbocycles. The highest BCUT2D eigenvalue weighted by molar-refractivity contribution is 5.54. The van der Waals surface area contributed by atoms with Crippen LogP contribution in [0.1, 0.15) is 37.1 Å². The molecule has 6 heteroatoms. The molecule has 23 heavy (non-hydrogen) atoms. The van der Waals surface area contributed by atoms with E-state index in [1.807, 2.05) is 12.1 Å². The number of nitriles is 1. The van der Waals surface area contributed by atoms with Gasteiger partial charge in [0.15, 0.2) is 0 Å². The molecule has 2 heterocycles. The lowest BCUT2D eigenvalue weighted by molar-refractivity contribution is 0.195. The molecule has 0 saturated carbocycles. The minimum Gasteiger partial charge on any atom is -0.419 e. The summed E-state index contributed by atoms with van der Waals surface area (Å²) in [6, 6.07) is 9.69. The first-order chi connectivity index (χ1) is 11.3. The smallest absolute Gasteiger partial charge is 0.247 e. The van der Waals surface area contributed by atoms with Gasteiger partial charge in [0.2, 0.25) is 11.8 Å². The van der Waals surface area contributed by atoms with E-state index < -0.39 is 0 Å². The zero-order chi connectivity index (χ0) is 16.1. The number of aliphatic hydroxyl groups is 1. The Hall–Kier alpha value is -2.23. The molecular formula is C17H20N4O2. The number of rotatable bonds is 6. The second kappa shape index (κ2) is 7.36. The maximum absolute atomic E-state index is 8.99. The Kier molecular flexibility index (Phi) is 5.01. The van der Waals surface area contributed by atoms with Crippen LogP contribution in [0.2, 0.25) is 0 Å². The molecule has 0 radical (unpaired) electrons. The molecule has 1 unspecified atom stereocenters. The largest absolute Gasteiger partial charge is 0.419 e. The van der Waals surface area contributed by atoms with Crippen molar-refractivity contribution in [3.05, 3.63) is 35.7 Å². The standard InChI is InChI=1S/C17H20N4O2/c18-11-13-5-7-14(8-6-13)17-20-19-16(23-17)12-21-9-1-3-15(21)4-2-10-22/h5-8,15,22H,1-4,9-10,12H2. The summed E-state index contributed by atoms with van der Waals surface area (Å²) in [6.07, 6.45) is 4.18. The van der Waals surface area contributed by atoms with Crippen molar-refractivity contribution >= 4 is 0 Å². The number of aliphatic hydroxyl groups excluding tert-OH is 1. The summed E-state index contributed by atoms with van der Waals surface area (Å²) < 4.78 is 5.76. The van der Waals surface area contributed by atoms with Crippen LogP contribution < -0.4 is 0 Å². The Morgan fingerprint density at radius 3 is 2.87 bits per heavy atom. The van der Waals surface area contributed by atoms with Gasteiger partial charge in [0.05, 0.1) is 18.2 Å². The van der Waals surface area contributed by atoms with E-state index in [0.717, 1.165) is 31.4 Å². The molecule has 1 fully saturated rings. The molecular weight excluding hydrogens is 292 g/mol. The Bertz CT molecular complexity index is 675. The Morgan fingerprint density at radius 1 is 1.30 bits per heavy atom. The van der Waals surface area contributed by atoms with E-state index in [9.17, 15) is 0 Å². The molecule has 1 aliphatic heterocycles. The van der Waals surface area contributed by atoms with Gasteiger partial charge in [0.25, 0.3) is 0 Å².